The van der Waals surface area contributed by atoms with E-state index in [9.17, 15) is 13.2 Å². The largest absolute Gasteiger partial charge is 0.417 e. The van der Waals surface area contributed by atoms with Gasteiger partial charge in [-0.1, -0.05) is 30.3 Å². The zero-order valence-corrected chi connectivity index (χ0v) is 16.2. The Kier molecular flexibility index (Phi) is 6.31. The normalized spacial score (nSPS) is 12.1. The first-order chi connectivity index (χ1) is 14.3. The smallest absolute Gasteiger partial charge is 0.398 e. The molecule has 6 nitrogen and oxygen atoms in total. The molecule has 0 atom stereocenters. The maximum Gasteiger partial charge on any atom is 0.417 e. The Morgan fingerprint density at radius 3 is 2.43 bits per heavy atom. The molecule has 0 aliphatic heterocycles. The number of nitrogens with zero attached hydrogens (tertiary/aromatic N) is 3. The van der Waals surface area contributed by atoms with E-state index < -0.39 is 11.7 Å². The SMILES string of the molecule is CN=C(Nc1cc(CCN)nc(-c2ccccc2C(F)(F)F)n1)c1ccccc1N. The van der Waals surface area contributed by atoms with Crippen LogP contribution in [0.3, 0.4) is 0 Å². The van der Waals surface area contributed by atoms with Gasteiger partial charge >= 0.3 is 6.18 Å². The number of nitrogens with one attached hydrogen (secondary N) is 1. The van der Waals surface area contributed by atoms with E-state index in [1.165, 1.54) is 18.2 Å². The van der Waals surface area contributed by atoms with Crippen LogP contribution in [0.2, 0.25) is 0 Å². The summed E-state index contributed by atoms with van der Waals surface area (Å²) in [6.45, 7) is 0.289. The molecule has 0 amide bonds. The Hall–Kier alpha value is -3.46. The lowest BCUT2D eigenvalue weighted by molar-refractivity contribution is -0.137. The van der Waals surface area contributed by atoms with Crippen LogP contribution in [-0.4, -0.2) is 29.4 Å². The van der Waals surface area contributed by atoms with Crippen molar-refractivity contribution in [2.24, 2.45) is 10.7 Å². The van der Waals surface area contributed by atoms with E-state index in [0.29, 0.717) is 35.0 Å². The molecule has 9 heteroatoms. The molecule has 1 aromatic heterocycles. The third-order valence-electron chi connectivity index (χ3n) is 4.34. The van der Waals surface area contributed by atoms with E-state index in [2.05, 4.69) is 20.3 Å². The number of amidine groups is 1. The molecule has 0 radical (unpaired) electrons. The van der Waals surface area contributed by atoms with E-state index in [1.54, 1.807) is 31.3 Å². The molecule has 3 aromatic rings. The highest BCUT2D eigenvalue weighted by molar-refractivity contribution is 6.11. The molecule has 1 heterocycles. The molecule has 30 heavy (non-hydrogen) atoms. The van der Waals surface area contributed by atoms with Crippen molar-refractivity contribution in [3.05, 3.63) is 71.4 Å². The van der Waals surface area contributed by atoms with E-state index in [-0.39, 0.29) is 17.9 Å². The number of anilines is 2. The minimum atomic E-state index is -4.54. The molecule has 0 fully saturated rings. The molecule has 0 bridgehead atoms. The number of alkyl halides is 3. The van der Waals surface area contributed by atoms with Gasteiger partial charge in [0, 0.05) is 42.0 Å². The van der Waals surface area contributed by atoms with Crippen molar-refractivity contribution in [3.63, 3.8) is 0 Å². The minimum absolute atomic E-state index is 0.0483. The predicted molar refractivity (Wildman–Crippen MR) is 112 cm³/mol. The summed E-state index contributed by atoms with van der Waals surface area (Å²) in [7, 11) is 1.58. The van der Waals surface area contributed by atoms with Crippen molar-refractivity contribution in [2.75, 3.05) is 24.6 Å². The highest BCUT2D eigenvalue weighted by atomic mass is 19.4. The quantitative estimate of drug-likeness (QED) is 0.335. The number of aliphatic imine (C=N–C) groups is 1. The summed E-state index contributed by atoms with van der Waals surface area (Å²) in [5.41, 5.74) is 12.4. The van der Waals surface area contributed by atoms with Gasteiger partial charge in [0.05, 0.1) is 5.56 Å². The minimum Gasteiger partial charge on any atom is -0.398 e. The molecule has 0 spiro atoms. The van der Waals surface area contributed by atoms with Gasteiger partial charge in [0.25, 0.3) is 0 Å². The Bertz CT molecular complexity index is 1060. The summed E-state index contributed by atoms with van der Waals surface area (Å²) in [5.74, 6) is 0.678. The lowest BCUT2D eigenvalue weighted by atomic mass is 10.1. The first-order valence-corrected chi connectivity index (χ1v) is 9.16. The lowest BCUT2D eigenvalue weighted by Crippen LogP contribution is -2.18. The first kappa shape index (κ1) is 21.3. The topological polar surface area (TPSA) is 102 Å². The molecule has 0 aliphatic rings. The van der Waals surface area contributed by atoms with Gasteiger partial charge in [0.1, 0.15) is 11.7 Å². The van der Waals surface area contributed by atoms with Gasteiger partial charge in [-0.25, -0.2) is 9.97 Å². The second-order valence-electron chi connectivity index (χ2n) is 6.43. The Morgan fingerprint density at radius 2 is 1.77 bits per heavy atom. The summed E-state index contributed by atoms with van der Waals surface area (Å²) in [6.07, 6.45) is -4.16. The third kappa shape index (κ3) is 4.74. The Balaban J connectivity index is 2.08. The Morgan fingerprint density at radius 1 is 1.07 bits per heavy atom. The fourth-order valence-corrected chi connectivity index (χ4v) is 2.96. The average Bonchev–Trinajstić information content (AvgIpc) is 2.72. The van der Waals surface area contributed by atoms with Crippen molar-refractivity contribution in [3.8, 4) is 11.4 Å². The number of hydrogen-bond donors (Lipinski definition) is 3. The van der Waals surface area contributed by atoms with Crippen LogP contribution in [0.25, 0.3) is 11.4 Å². The number of aromatic nitrogens is 2. The van der Waals surface area contributed by atoms with Gasteiger partial charge in [0.2, 0.25) is 0 Å². The predicted octanol–water partition coefficient (Wildman–Crippen LogP) is 3.73. The summed E-state index contributed by atoms with van der Waals surface area (Å²) < 4.78 is 40.5. The van der Waals surface area contributed by atoms with Gasteiger partial charge in [-0.2, -0.15) is 13.2 Å². The fraction of sp³-hybridized carbons (Fsp3) is 0.190. The average molecular weight is 414 g/mol. The van der Waals surface area contributed by atoms with Crippen LogP contribution >= 0.6 is 0 Å². The summed E-state index contributed by atoms with van der Waals surface area (Å²) in [4.78, 5) is 12.8. The van der Waals surface area contributed by atoms with E-state index >= 15 is 0 Å². The highest BCUT2D eigenvalue weighted by Crippen LogP contribution is 2.36. The van der Waals surface area contributed by atoms with Crippen LogP contribution in [0.4, 0.5) is 24.7 Å². The van der Waals surface area contributed by atoms with Crippen LogP contribution in [0, 0.1) is 0 Å². The fourth-order valence-electron chi connectivity index (χ4n) is 2.96. The van der Waals surface area contributed by atoms with Gasteiger partial charge in [-0.3, -0.25) is 4.99 Å². The van der Waals surface area contributed by atoms with Crippen molar-refractivity contribution in [1.82, 2.24) is 9.97 Å². The number of para-hydroxylation sites is 1. The number of nitrogen functional groups attached to an aromatic ring is 1. The molecule has 0 aliphatic carbocycles. The summed E-state index contributed by atoms with van der Waals surface area (Å²) in [6, 6.07) is 13.9. The second-order valence-corrected chi connectivity index (χ2v) is 6.43. The molecule has 156 valence electrons. The molecule has 3 rings (SSSR count). The van der Waals surface area contributed by atoms with Crippen molar-refractivity contribution in [1.29, 1.82) is 0 Å². The van der Waals surface area contributed by atoms with Crippen LogP contribution in [0.15, 0.2) is 59.6 Å². The first-order valence-electron chi connectivity index (χ1n) is 9.16. The van der Waals surface area contributed by atoms with Gasteiger partial charge in [0.15, 0.2) is 5.82 Å². The maximum absolute atomic E-state index is 13.5. The zero-order valence-electron chi connectivity index (χ0n) is 16.2. The number of hydrogen-bond acceptors (Lipinski definition) is 5. The standard InChI is InChI=1S/C21H21F3N6/c1-27-19(15-7-3-5-9-17(15)26)29-18-12-13(10-11-25)28-20(30-18)14-6-2-4-8-16(14)21(22,23)24/h2-9,12H,10-11,25-26H2,1H3,(H,27,28,29,30). The number of benzene rings is 2. The molecular weight excluding hydrogens is 393 g/mol. The van der Waals surface area contributed by atoms with Crippen molar-refractivity contribution < 1.29 is 13.2 Å². The number of rotatable bonds is 5. The second kappa shape index (κ2) is 8.91. The van der Waals surface area contributed by atoms with Crippen LogP contribution in [-0.2, 0) is 12.6 Å². The lowest BCUT2D eigenvalue weighted by Gasteiger charge is -2.15. The third-order valence-corrected chi connectivity index (χ3v) is 4.34. The molecular formula is C21H21F3N6. The zero-order chi connectivity index (χ0) is 21.7. The van der Waals surface area contributed by atoms with Crippen LogP contribution in [0.5, 0.6) is 0 Å². The molecule has 5 N–H and O–H groups in total. The van der Waals surface area contributed by atoms with Crippen LogP contribution in [0.1, 0.15) is 16.8 Å². The molecule has 2 aromatic carbocycles. The molecule has 0 saturated heterocycles. The summed E-state index contributed by atoms with van der Waals surface area (Å²) >= 11 is 0. The van der Waals surface area contributed by atoms with E-state index in [1.807, 2.05) is 6.07 Å². The number of halogens is 3. The van der Waals surface area contributed by atoms with Gasteiger partial charge < -0.3 is 16.8 Å². The molecule has 0 saturated carbocycles. The van der Waals surface area contributed by atoms with Crippen molar-refractivity contribution >= 4 is 17.3 Å². The monoisotopic (exact) mass is 414 g/mol. The maximum atomic E-state index is 13.5. The van der Waals surface area contributed by atoms with E-state index in [0.717, 1.165) is 6.07 Å². The highest BCUT2D eigenvalue weighted by Gasteiger charge is 2.34. The number of nitrogens with two attached hydrogens (primary N) is 2. The summed E-state index contributed by atoms with van der Waals surface area (Å²) in [5, 5.41) is 3.05. The Labute approximate surface area is 171 Å². The van der Waals surface area contributed by atoms with Crippen LogP contribution < -0.4 is 16.8 Å². The molecule has 0 unspecified atom stereocenters. The van der Waals surface area contributed by atoms with Gasteiger partial charge in [-0.05, 0) is 24.7 Å². The van der Waals surface area contributed by atoms with E-state index in [4.69, 9.17) is 11.5 Å². The van der Waals surface area contributed by atoms with Crippen molar-refractivity contribution in [2.45, 2.75) is 12.6 Å². The van der Waals surface area contributed by atoms with Gasteiger partial charge in [-0.15, -0.1) is 0 Å².